The lowest BCUT2D eigenvalue weighted by atomic mass is 10.2. The van der Waals surface area contributed by atoms with Crippen LogP contribution < -0.4 is 0 Å². The van der Waals surface area contributed by atoms with Crippen molar-refractivity contribution in [1.82, 2.24) is 9.55 Å². The summed E-state index contributed by atoms with van der Waals surface area (Å²) < 4.78 is 7.46. The van der Waals surface area contributed by atoms with Crippen molar-refractivity contribution < 1.29 is 4.74 Å². The summed E-state index contributed by atoms with van der Waals surface area (Å²) in [4.78, 5) is 4.61. The highest BCUT2D eigenvalue weighted by Crippen LogP contribution is 2.32. The number of hydrogen-bond donors (Lipinski definition) is 0. The van der Waals surface area contributed by atoms with Crippen molar-refractivity contribution >= 4 is 34.2 Å². The van der Waals surface area contributed by atoms with E-state index >= 15 is 0 Å². The molecule has 0 amide bonds. The normalized spacial score (nSPS) is 14.8. The highest BCUT2D eigenvalue weighted by atomic mass is 35.5. The molecule has 2 aromatic rings. The molecule has 1 aromatic heterocycles. The first-order valence-electron chi connectivity index (χ1n) is 6.39. The van der Waals surface area contributed by atoms with E-state index in [9.17, 15) is 0 Å². The van der Waals surface area contributed by atoms with Gasteiger partial charge in [0.2, 0.25) is 0 Å². The second kappa shape index (κ2) is 6.12. The minimum Gasteiger partial charge on any atom is -0.383 e. The third-order valence-corrected chi connectivity index (χ3v) is 3.75. The number of para-hydroxylation sites is 1. The van der Waals surface area contributed by atoms with Crippen LogP contribution in [-0.4, -0.2) is 23.3 Å². The number of aromatic nitrogens is 2. The van der Waals surface area contributed by atoms with Crippen LogP contribution >= 0.6 is 23.2 Å². The molecule has 2 rings (SSSR count). The number of alkyl halides is 1. The van der Waals surface area contributed by atoms with Crippen LogP contribution in [0.1, 0.15) is 37.5 Å². The molecule has 0 fully saturated rings. The maximum absolute atomic E-state index is 6.27. The topological polar surface area (TPSA) is 27.1 Å². The molecule has 0 aliphatic rings. The van der Waals surface area contributed by atoms with Gasteiger partial charge in [0.25, 0.3) is 0 Å². The predicted molar refractivity (Wildman–Crippen MR) is 80.2 cm³/mol. The summed E-state index contributed by atoms with van der Waals surface area (Å²) in [5.41, 5.74) is 1.82. The van der Waals surface area contributed by atoms with Crippen LogP contribution in [0.3, 0.4) is 0 Å². The predicted octanol–water partition coefficient (Wildman–Crippen LogP) is 4.59. The van der Waals surface area contributed by atoms with Gasteiger partial charge < -0.3 is 9.30 Å². The highest BCUT2D eigenvalue weighted by Gasteiger charge is 2.21. The fourth-order valence-electron chi connectivity index (χ4n) is 2.33. The minimum absolute atomic E-state index is 0.172. The quantitative estimate of drug-likeness (QED) is 0.755. The van der Waals surface area contributed by atoms with E-state index < -0.39 is 0 Å². The molecule has 5 heteroatoms. The lowest BCUT2D eigenvalue weighted by Crippen LogP contribution is -2.16. The number of halogens is 2. The molecule has 2 unspecified atom stereocenters. The van der Waals surface area contributed by atoms with Gasteiger partial charge >= 0.3 is 0 Å². The van der Waals surface area contributed by atoms with Gasteiger partial charge in [-0.2, -0.15) is 0 Å². The molecule has 0 saturated carbocycles. The standard InChI is InChI=1S/C14H18Cl2N2O/c1-4-10(8-19-3)18-12-7-5-6-11(16)13(12)17-14(18)9(2)15/h5-7,9-10H,4,8H2,1-3H3. The van der Waals surface area contributed by atoms with E-state index in [1.807, 2.05) is 25.1 Å². The third kappa shape index (κ3) is 2.73. The molecule has 0 saturated heterocycles. The number of rotatable bonds is 5. The Morgan fingerprint density at radius 2 is 2.16 bits per heavy atom. The van der Waals surface area contributed by atoms with Gasteiger partial charge in [-0.3, -0.25) is 0 Å². The molecule has 0 aliphatic carbocycles. The summed E-state index contributed by atoms with van der Waals surface area (Å²) in [7, 11) is 1.71. The largest absolute Gasteiger partial charge is 0.383 e. The van der Waals surface area contributed by atoms with E-state index in [1.54, 1.807) is 7.11 Å². The van der Waals surface area contributed by atoms with Crippen molar-refractivity contribution in [2.45, 2.75) is 31.7 Å². The van der Waals surface area contributed by atoms with Crippen molar-refractivity contribution in [1.29, 1.82) is 0 Å². The first-order chi connectivity index (χ1) is 9.10. The number of methoxy groups -OCH3 is 1. The zero-order valence-electron chi connectivity index (χ0n) is 11.4. The maximum Gasteiger partial charge on any atom is 0.128 e. The summed E-state index contributed by atoms with van der Waals surface area (Å²) in [5, 5.41) is 0.483. The number of ether oxygens (including phenoxy) is 1. The molecule has 1 heterocycles. The zero-order valence-corrected chi connectivity index (χ0v) is 12.9. The number of nitrogens with zero attached hydrogens (tertiary/aromatic N) is 2. The van der Waals surface area contributed by atoms with Gasteiger partial charge in [0, 0.05) is 7.11 Å². The Balaban J connectivity index is 2.67. The van der Waals surface area contributed by atoms with Crippen LogP contribution in [0.4, 0.5) is 0 Å². The van der Waals surface area contributed by atoms with Gasteiger partial charge in [0.05, 0.1) is 28.6 Å². The van der Waals surface area contributed by atoms with E-state index in [0.29, 0.717) is 11.6 Å². The van der Waals surface area contributed by atoms with Gasteiger partial charge in [-0.25, -0.2) is 4.98 Å². The Kier molecular flexibility index (Phi) is 4.71. The van der Waals surface area contributed by atoms with Gasteiger partial charge in [-0.15, -0.1) is 11.6 Å². The van der Waals surface area contributed by atoms with E-state index in [1.165, 1.54) is 0 Å². The number of hydrogen-bond acceptors (Lipinski definition) is 2. The fraction of sp³-hybridized carbons (Fsp3) is 0.500. The number of imidazole rings is 1. The molecular formula is C14H18Cl2N2O. The summed E-state index contributed by atoms with van der Waals surface area (Å²) in [6.07, 6.45) is 0.947. The highest BCUT2D eigenvalue weighted by molar-refractivity contribution is 6.35. The minimum atomic E-state index is -0.172. The molecule has 0 spiro atoms. The van der Waals surface area contributed by atoms with Gasteiger partial charge in [0.15, 0.2) is 0 Å². The van der Waals surface area contributed by atoms with E-state index in [2.05, 4.69) is 16.5 Å². The average Bonchev–Trinajstić information content (AvgIpc) is 2.77. The Morgan fingerprint density at radius 1 is 1.42 bits per heavy atom. The molecular weight excluding hydrogens is 283 g/mol. The van der Waals surface area contributed by atoms with Crippen LogP contribution in [0, 0.1) is 0 Å². The molecule has 0 bridgehead atoms. The fourth-order valence-corrected chi connectivity index (χ4v) is 2.70. The van der Waals surface area contributed by atoms with Crippen LogP contribution in [0.2, 0.25) is 5.02 Å². The van der Waals surface area contributed by atoms with Crippen molar-refractivity contribution in [3.63, 3.8) is 0 Å². The lowest BCUT2D eigenvalue weighted by Gasteiger charge is -2.20. The molecule has 19 heavy (non-hydrogen) atoms. The van der Waals surface area contributed by atoms with Gasteiger partial charge in [0.1, 0.15) is 11.3 Å². The number of fused-ring (bicyclic) bond motifs is 1. The van der Waals surface area contributed by atoms with Crippen molar-refractivity contribution in [3.8, 4) is 0 Å². The molecule has 0 aliphatic heterocycles. The third-order valence-electron chi connectivity index (χ3n) is 3.25. The van der Waals surface area contributed by atoms with E-state index in [0.717, 1.165) is 23.3 Å². The summed E-state index contributed by atoms with van der Waals surface area (Å²) in [6.45, 7) is 4.68. The Morgan fingerprint density at radius 3 is 2.74 bits per heavy atom. The zero-order chi connectivity index (χ0) is 14.0. The SMILES string of the molecule is CCC(COC)n1c(C(C)Cl)nc2c(Cl)cccc21. The van der Waals surface area contributed by atoms with Gasteiger partial charge in [-0.05, 0) is 25.5 Å². The first kappa shape index (κ1) is 14.6. The second-order valence-corrected chi connectivity index (χ2v) is 5.64. The molecule has 0 radical (unpaired) electrons. The molecule has 2 atom stereocenters. The van der Waals surface area contributed by atoms with Crippen molar-refractivity contribution in [2.24, 2.45) is 0 Å². The monoisotopic (exact) mass is 300 g/mol. The van der Waals surface area contributed by atoms with Crippen LogP contribution in [0.25, 0.3) is 11.0 Å². The smallest absolute Gasteiger partial charge is 0.128 e. The van der Waals surface area contributed by atoms with Crippen molar-refractivity contribution in [3.05, 3.63) is 29.0 Å². The van der Waals surface area contributed by atoms with Crippen molar-refractivity contribution in [2.75, 3.05) is 13.7 Å². The average molecular weight is 301 g/mol. The van der Waals surface area contributed by atoms with E-state index in [-0.39, 0.29) is 11.4 Å². The summed E-state index contributed by atoms with van der Waals surface area (Å²) in [5.74, 6) is 0.841. The summed E-state index contributed by atoms with van der Waals surface area (Å²) >= 11 is 12.5. The molecule has 104 valence electrons. The maximum atomic E-state index is 6.27. The van der Waals surface area contributed by atoms with Crippen LogP contribution in [-0.2, 0) is 4.74 Å². The Bertz CT molecular complexity index is 566. The molecule has 0 N–H and O–H groups in total. The Labute approximate surface area is 123 Å². The number of benzene rings is 1. The molecule has 1 aromatic carbocycles. The first-order valence-corrected chi connectivity index (χ1v) is 7.20. The van der Waals surface area contributed by atoms with Crippen LogP contribution in [0.5, 0.6) is 0 Å². The second-order valence-electron chi connectivity index (χ2n) is 4.58. The molecule has 3 nitrogen and oxygen atoms in total. The lowest BCUT2D eigenvalue weighted by molar-refractivity contribution is 0.153. The summed E-state index contributed by atoms with van der Waals surface area (Å²) in [6, 6.07) is 6.02. The van der Waals surface area contributed by atoms with Crippen LogP contribution in [0.15, 0.2) is 18.2 Å². The van der Waals surface area contributed by atoms with E-state index in [4.69, 9.17) is 27.9 Å². The van der Waals surface area contributed by atoms with Gasteiger partial charge in [-0.1, -0.05) is 24.6 Å². The Hall–Kier alpha value is -0.770.